The minimum absolute atomic E-state index is 0.0108. The van der Waals surface area contributed by atoms with Crippen LogP contribution in [0.4, 0.5) is 0 Å². The summed E-state index contributed by atoms with van der Waals surface area (Å²) in [7, 11) is 1.98. The number of aromatic nitrogens is 2. The quantitative estimate of drug-likeness (QED) is 0.524. The number of rotatable bonds is 4. The van der Waals surface area contributed by atoms with Crippen molar-refractivity contribution < 1.29 is 24.2 Å². The fourth-order valence-corrected chi connectivity index (χ4v) is 10.3. The number of nitrogens with zero attached hydrogens (tertiary/aromatic N) is 2. The van der Waals surface area contributed by atoms with E-state index in [0.717, 1.165) is 41.0 Å². The highest BCUT2D eigenvalue weighted by molar-refractivity contribution is 7.99. The second-order valence-electron chi connectivity index (χ2n) is 13.4. The van der Waals surface area contributed by atoms with E-state index in [4.69, 9.17) is 14.5 Å². The van der Waals surface area contributed by atoms with Crippen LogP contribution < -0.4 is 0 Å². The molecule has 0 radical (unpaired) electrons. The number of imidazole rings is 1. The molecule has 5 unspecified atom stereocenters. The first-order valence-electron chi connectivity index (χ1n) is 14.5. The number of benzene rings is 1. The number of ether oxygens (including phenoxy) is 2. The minimum Gasteiger partial charge on any atom is -0.393 e. The number of hydrogen-bond donors (Lipinski definition) is 1. The van der Waals surface area contributed by atoms with Crippen LogP contribution >= 0.6 is 11.8 Å². The zero-order chi connectivity index (χ0) is 28.2. The maximum absolute atomic E-state index is 14.5. The Hall–Kier alpha value is -2.26. The molecule has 7 nitrogen and oxygen atoms in total. The van der Waals surface area contributed by atoms with Crippen LogP contribution in [-0.2, 0) is 26.1 Å². The van der Waals surface area contributed by atoms with Crippen LogP contribution in [0.25, 0.3) is 11.0 Å². The van der Waals surface area contributed by atoms with Gasteiger partial charge < -0.3 is 19.1 Å². The van der Waals surface area contributed by atoms with Gasteiger partial charge in [-0.05, 0) is 75.7 Å². The second-order valence-corrected chi connectivity index (χ2v) is 14.4. The van der Waals surface area contributed by atoms with Crippen LogP contribution in [0.5, 0.6) is 0 Å². The van der Waals surface area contributed by atoms with E-state index in [0.29, 0.717) is 6.42 Å². The van der Waals surface area contributed by atoms with E-state index >= 15 is 0 Å². The Balaban J connectivity index is 1.23. The van der Waals surface area contributed by atoms with Gasteiger partial charge in [0.25, 0.3) is 0 Å². The van der Waals surface area contributed by atoms with E-state index in [9.17, 15) is 14.7 Å². The van der Waals surface area contributed by atoms with Gasteiger partial charge in [0, 0.05) is 23.8 Å². The van der Waals surface area contributed by atoms with E-state index in [1.165, 1.54) is 11.8 Å². The molecule has 1 N–H and O–H groups in total. The average molecular weight is 563 g/mol. The summed E-state index contributed by atoms with van der Waals surface area (Å²) in [5, 5.41) is 12.7. The molecule has 8 atom stereocenters. The van der Waals surface area contributed by atoms with Crippen molar-refractivity contribution in [2.75, 3.05) is 5.75 Å². The molecule has 2 heterocycles. The summed E-state index contributed by atoms with van der Waals surface area (Å²) in [5.41, 5.74) is 0.984. The van der Waals surface area contributed by atoms with Crippen LogP contribution in [-0.4, -0.2) is 55.6 Å². The molecule has 212 valence electrons. The summed E-state index contributed by atoms with van der Waals surface area (Å²) in [4.78, 5) is 31.4. The molecule has 40 heavy (non-hydrogen) atoms. The highest BCUT2D eigenvalue weighted by Crippen LogP contribution is 2.70. The third-order valence-corrected chi connectivity index (χ3v) is 12.0. The molecule has 2 aromatic rings. The number of Topliss-reactive ketones (excluding diaryl/α,β-unsaturated/α-hetero) is 1. The molecule has 1 aliphatic heterocycles. The number of aliphatic hydroxyl groups excluding tert-OH is 1. The molecule has 0 spiro atoms. The van der Waals surface area contributed by atoms with Crippen molar-refractivity contribution in [3.8, 4) is 0 Å². The highest BCUT2D eigenvalue weighted by atomic mass is 32.2. The molecule has 7 rings (SSSR count). The predicted octanol–water partition coefficient (Wildman–Crippen LogP) is 5.01. The van der Waals surface area contributed by atoms with Crippen LogP contribution in [0, 0.1) is 28.6 Å². The third kappa shape index (κ3) is 3.45. The fourth-order valence-electron chi connectivity index (χ4n) is 9.41. The SMILES string of the molecule is Cn1c(SCC(=O)[C@]23OC(C)(C)O[C@@H]2CC2C4CCC5=CC(=O)C=CC5(C)C4[C@@H](O)CC23C)nc2ccccc21. The number of thioether (sulfide) groups is 1. The molecule has 3 saturated carbocycles. The lowest BCUT2D eigenvalue weighted by Gasteiger charge is -2.60. The van der Waals surface area contributed by atoms with E-state index < -0.39 is 22.9 Å². The predicted molar refractivity (Wildman–Crippen MR) is 153 cm³/mol. The highest BCUT2D eigenvalue weighted by Gasteiger charge is 2.76. The van der Waals surface area contributed by atoms with Crippen molar-refractivity contribution in [3.63, 3.8) is 0 Å². The lowest BCUT2D eigenvalue weighted by molar-refractivity contribution is -0.223. The van der Waals surface area contributed by atoms with Crippen molar-refractivity contribution in [1.29, 1.82) is 0 Å². The number of carbonyl (C=O) groups is 2. The van der Waals surface area contributed by atoms with Crippen molar-refractivity contribution in [2.45, 2.75) is 82.1 Å². The monoisotopic (exact) mass is 562 g/mol. The molecule has 1 aromatic heterocycles. The van der Waals surface area contributed by atoms with Crippen LogP contribution in [0.1, 0.15) is 53.4 Å². The molecule has 4 fully saturated rings. The number of carbonyl (C=O) groups excluding carboxylic acids is 2. The zero-order valence-electron chi connectivity index (χ0n) is 23.8. The Morgan fingerprint density at radius 2 is 2.00 bits per heavy atom. The largest absolute Gasteiger partial charge is 0.393 e. The first-order valence-corrected chi connectivity index (χ1v) is 15.5. The smallest absolute Gasteiger partial charge is 0.178 e. The summed E-state index contributed by atoms with van der Waals surface area (Å²) in [5.74, 6) is -0.273. The summed E-state index contributed by atoms with van der Waals surface area (Å²) in [6.07, 6.45) is 7.37. The first kappa shape index (κ1) is 26.6. The van der Waals surface area contributed by atoms with Crippen LogP contribution in [0.3, 0.4) is 0 Å². The number of fused-ring (bicyclic) bond motifs is 8. The Labute approximate surface area is 239 Å². The van der Waals surface area contributed by atoms with Crippen LogP contribution in [0.2, 0.25) is 0 Å². The fraction of sp³-hybridized carbons (Fsp3) is 0.594. The molecule has 0 bridgehead atoms. The van der Waals surface area contributed by atoms with E-state index in [1.54, 1.807) is 12.2 Å². The van der Waals surface area contributed by atoms with Gasteiger partial charge in [0.15, 0.2) is 28.1 Å². The summed E-state index contributed by atoms with van der Waals surface area (Å²) >= 11 is 1.44. The van der Waals surface area contributed by atoms with Gasteiger partial charge in [-0.2, -0.15) is 0 Å². The lowest BCUT2D eigenvalue weighted by Crippen LogP contribution is -2.63. The Kier molecular flexibility index (Phi) is 5.75. The van der Waals surface area contributed by atoms with Gasteiger partial charge in [0.05, 0.1) is 29.0 Å². The number of aliphatic hydroxyl groups is 1. The topological polar surface area (TPSA) is 90.7 Å². The molecular weight excluding hydrogens is 524 g/mol. The second kappa shape index (κ2) is 8.63. The Morgan fingerprint density at radius 3 is 2.77 bits per heavy atom. The average Bonchev–Trinajstić information content (AvgIpc) is 3.46. The van der Waals surface area contributed by atoms with Gasteiger partial charge in [0.1, 0.15) is 0 Å². The third-order valence-electron chi connectivity index (χ3n) is 11.0. The van der Waals surface area contributed by atoms with E-state index in [-0.39, 0.29) is 46.6 Å². The molecule has 0 amide bonds. The molecular formula is C32H38N2O5S. The minimum atomic E-state index is -1.14. The molecule has 1 saturated heterocycles. The van der Waals surface area contributed by atoms with Gasteiger partial charge in [-0.15, -0.1) is 0 Å². The number of ketones is 2. The van der Waals surface area contributed by atoms with Gasteiger partial charge in [-0.3, -0.25) is 9.59 Å². The van der Waals surface area contributed by atoms with Crippen molar-refractivity contribution >= 4 is 34.4 Å². The standard InChI is InChI=1S/C32H38N2O5S/c1-29(2)38-26-15-21-20-11-10-18-14-19(35)12-13-30(18,3)27(20)24(36)16-31(21,4)32(26,39-29)25(37)17-40-28-33-22-8-6-7-9-23(22)34(28)5/h6-9,12-14,20-21,24,26-27,36H,10-11,15-17H2,1-5H3/t20?,21?,24-,26+,27?,30?,31?,32-/m0/s1. The van der Waals surface area contributed by atoms with E-state index in [1.807, 2.05) is 55.8 Å². The number of hydrogen-bond acceptors (Lipinski definition) is 7. The van der Waals surface area contributed by atoms with Gasteiger partial charge in [-0.1, -0.05) is 49.4 Å². The van der Waals surface area contributed by atoms with Gasteiger partial charge in [-0.25, -0.2) is 4.98 Å². The normalized spacial score (nSPS) is 41.3. The summed E-state index contributed by atoms with van der Waals surface area (Å²) in [6, 6.07) is 7.98. The molecule has 1 aromatic carbocycles. The number of allylic oxidation sites excluding steroid dienone is 4. The molecule has 4 aliphatic carbocycles. The molecule has 8 heteroatoms. The number of aryl methyl sites for hydroxylation is 1. The van der Waals surface area contributed by atoms with Gasteiger partial charge in [0.2, 0.25) is 0 Å². The van der Waals surface area contributed by atoms with Crippen molar-refractivity contribution in [3.05, 3.63) is 48.1 Å². The Bertz CT molecular complexity index is 1490. The lowest BCUT2D eigenvalue weighted by atomic mass is 9.46. The van der Waals surface area contributed by atoms with Crippen LogP contribution in [0.15, 0.2) is 53.2 Å². The summed E-state index contributed by atoms with van der Waals surface area (Å²) in [6.45, 7) is 8.11. The van der Waals surface area contributed by atoms with Crippen molar-refractivity contribution in [2.24, 2.45) is 35.6 Å². The van der Waals surface area contributed by atoms with Gasteiger partial charge >= 0.3 is 0 Å². The maximum atomic E-state index is 14.5. The zero-order valence-corrected chi connectivity index (χ0v) is 24.7. The molecule has 5 aliphatic rings. The van der Waals surface area contributed by atoms with E-state index in [2.05, 4.69) is 13.8 Å². The number of para-hydroxylation sites is 2. The summed E-state index contributed by atoms with van der Waals surface area (Å²) < 4.78 is 15.3. The first-order chi connectivity index (χ1) is 18.9. The Morgan fingerprint density at radius 1 is 1.23 bits per heavy atom. The van der Waals surface area contributed by atoms with Crippen molar-refractivity contribution in [1.82, 2.24) is 9.55 Å². The maximum Gasteiger partial charge on any atom is 0.178 e.